The third-order valence-electron chi connectivity index (χ3n) is 3.82. The number of nitrogens with one attached hydrogen (secondary N) is 1. The predicted octanol–water partition coefficient (Wildman–Crippen LogP) is 3.12. The Hall–Kier alpha value is -1.09. The number of hydrogen-bond acceptors (Lipinski definition) is 3. The van der Waals surface area contributed by atoms with Crippen LogP contribution in [-0.4, -0.2) is 24.1 Å². The molecule has 106 valence electrons. The monoisotopic (exact) mass is 261 g/mol. The van der Waals surface area contributed by atoms with E-state index in [1.165, 1.54) is 18.4 Å². The molecule has 1 saturated heterocycles. The topological polar surface area (TPSA) is 28.2 Å². The molecule has 0 aliphatic carbocycles. The summed E-state index contributed by atoms with van der Waals surface area (Å²) in [7, 11) is 0. The van der Waals surface area contributed by atoms with E-state index in [-0.39, 0.29) is 0 Å². The SMILES string of the molecule is Cc1cc(CNC(C)C)cc(N2CCC(C)CC2)n1. The minimum absolute atomic E-state index is 0.521. The van der Waals surface area contributed by atoms with Crippen molar-refractivity contribution in [2.45, 2.75) is 53.1 Å². The Balaban J connectivity index is 2.07. The molecule has 2 rings (SSSR count). The number of aryl methyl sites for hydroxylation is 1. The van der Waals surface area contributed by atoms with E-state index in [0.29, 0.717) is 6.04 Å². The lowest BCUT2D eigenvalue weighted by Crippen LogP contribution is -2.33. The molecule has 0 amide bonds. The van der Waals surface area contributed by atoms with Gasteiger partial charge in [0, 0.05) is 31.4 Å². The maximum absolute atomic E-state index is 4.71. The van der Waals surface area contributed by atoms with E-state index in [1.807, 2.05) is 0 Å². The zero-order valence-corrected chi connectivity index (χ0v) is 12.7. The van der Waals surface area contributed by atoms with Crippen molar-refractivity contribution in [2.75, 3.05) is 18.0 Å². The van der Waals surface area contributed by atoms with Crippen LogP contribution < -0.4 is 10.2 Å². The summed E-state index contributed by atoms with van der Waals surface area (Å²) in [6, 6.07) is 4.96. The summed E-state index contributed by atoms with van der Waals surface area (Å²) in [5, 5.41) is 3.48. The molecule has 0 aromatic carbocycles. The van der Waals surface area contributed by atoms with Gasteiger partial charge in [0.1, 0.15) is 5.82 Å². The number of anilines is 1. The first-order chi connectivity index (χ1) is 9.04. The molecule has 1 N–H and O–H groups in total. The van der Waals surface area contributed by atoms with Crippen LogP contribution >= 0.6 is 0 Å². The van der Waals surface area contributed by atoms with E-state index in [0.717, 1.165) is 37.1 Å². The van der Waals surface area contributed by atoms with Crippen molar-refractivity contribution in [2.24, 2.45) is 5.92 Å². The van der Waals surface area contributed by atoms with Crippen LogP contribution in [0.15, 0.2) is 12.1 Å². The quantitative estimate of drug-likeness (QED) is 0.902. The molecule has 0 atom stereocenters. The summed E-state index contributed by atoms with van der Waals surface area (Å²) >= 11 is 0. The minimum atomic E-state index is 0.521. The third-order valence-corrected chi connectivity index (χ3v) is 3.82. The van der Waals surface area contributed by atoms with Gasteiger partial charge in [-0.25, -0.2) is 4.98 Å². The van der Waals surface area contributed by atoms with E-state index in [4.69, 9.17) is 4.98 Å². The van der Waals surface area contributed by atoms with Gasteiger partial charge in [-0.3, -0.25) is 0 Å². The van der Waals surface area contributed by atoms with E-state index in [2.05, 4.69) is 50.0 Å². The van der Waals surface area contributed by atoms with Crippen LogP contribution in [0.5, 0.6) is 0 Å². The van der Waals surface area contributed by atoms with Gasteiger partial charge in [0.2, 0.25) is 0 Å². The smallest absolute Gasteiger partial charge is 0.129 e. The number of rotatable bonds is 4. The standard InChI is InChI=1S/C16H27N3/c1-12(2)17-11-15-9-14(4)18-16(10-15)19-7-5-13(3)6-8-19/h9-10,12-13,17H,5-8,11H2,1-4H3. The van der Waals surface area contributed by atoms with E-state index in [9.17, 15) is 0 Å². The van der Waals surface area contributed by atoms with Gasteiger partial charge in [0.25, 0.3) is 0 Å². The van der Waals surface area contributed by atoms with Crippen LogP contribution in [-0.2, 0) is 6.54 Å². The lowest BCUT2D eigenvalue weighted by molar-refractivity contribution is 0.436. The van der Waals surface area contributed by atoms with Crippen LogP contribution in [0, 0.1) is 12.8 Å². The van der Waals surface area contributed by atoms with Gasteiger partial charge in [0.05, 0.1) is 0 Å². The second kappa shape index (κ2) is 6.38. The molecular formula is C16H27N3. The van der Waals surface area contributed by atoms with Crippen molar-refractivity contribution >= 4 is 5.82 Å². The highest BCUT2D eigenvalue weighted by molar-refractivity contribution is 5.43. The van der Waals surface area contributed by atoms with E-state index < -0.39 is 0 Å². The lowest BCUT2D eigenvalue weighted by Gasteiger charge is -2.31. The van der Waals surface area contributed by atoms with Gasteiger partial charge in [-0.05, 0) is 43.4 Å². The average molecular weight is 261 g/mol. The predicted molar refractivity (Wildman–Crippen MR) is 81.6 cm³/mol. The molecule has 3 nitrogen and oxygen atoms in total. The molecule has 3 heteroatoms. The Bertz CT molecular complexity index is 406. The fourth-order valence-electron chi connectivity index (χ4n) is 2.54. The molecule has 1 aromatic heterocycles. The van der Waals surface area contributed by atoms with Crippen LogP contribution in [0.3, 0.4) is 0 Å². The first-order valence-corrected chi connectivity index (χ1v) is 7.50. The van der Waals surface area contributed by atoms with Gasteiger partial charge in [0.15, 0.2) is 0 Å². The molecule has 1 aliphatic rings. The van der Waals surface area contributed by atoms with Gasteiger partial charge >= 0.3 is 0 Å². The van der Waals surface area contributed by atoms with E-state index in [1.54, 1.807) is 0 Å². The van der Waals surface area contributed by atoms with Gasteiger partial charge in [-0.1, -0.05) is 20.8 Å². The molecule has 2 heterocycles. The van der Waals surface area contributed by atoms with Crippen LogP contribution in [0.4, 0.5) is 5.82 Å². The molecule has 1 fully saturated rings. The molecule has 0 spiro atoms. The molecule has 0 bridgehead atoms. The number of hydrogen-bond donors (Lipinski definition) is 1. The summed E-state index contributed by atoms with van der Waals surface area (Å²) in [6.07, 6.45) is 2.57. The van der Waals surface area contributed by atoms with Crippen molar-refractivity contribution in [1.82, 2.24) is 10.3 Å². The summed E-state index contributed by atoms with van der Waals surface area (Å²) in [5.74, 6) is 2.02. The van der Waals surface area contributed by atoms with E-state index >= 15 is 0 Å². The fourth-order valence-corrected chi connectivity index (χ4v) is 2.54. The molecule has 0 unspecified atom stereocenters. The molecule has 1 aromatic rings. The summed E-state index contributed by atoms with van der Waals surface area (Å²) in [4.78, 5) is 7.14. The maximum Gasteiger partial charge on any atom is 0.129 e. The normalized spacial score (nSPS) is 17.2. The number of aromatic nitrogens is 1. The highest BCUT2D eigenvalue weighted by Crippen LogP contribution is 2.22. The Labute approximate surface area is 117 Å². The first-order valence-electron chi connectivity index (χ1n) is 7.50. The molecule has 19 heavy (non-hydrogen) atoms. The summed E-state index contributed by atoms with van der Waals surface area (Å²) in [5.41, 5.74) is 2.46. The lowest BCUT2D eigenvalue weighted by atomic mass is 9.99. The molecule has 1 aliphatic heterocycles. The molecular weight excluding hydrogens is 234 g/mol. The van der Waals surface area contributed by atoms with Crippen molar-refractivity contribution < 1.29 is 0 Å². The minimum Gasteiger partial charge on any atom is -0.357 e. The largest absolute Gasteiger partial charge is 0.357 e. The van der Waals surface area contributed by atoms with Crippen LogP contribution in [0.2, 0.25) is 0 Å². The van der Waals surface area contributed by atoms with Crippen LogP contribution in [0.1, 0.15) is 44.9 Å². The van der Waals surface area contributed by atoms with Crippen molar-refractivity contribution in [3.63, 3.8) is 0 Å². The van der Waals surface area contributed by atoms with Gasteiger partial charge in [-0.15, -0.1) is 0 Å². The number of piperidine rings is 1. The number of pyridine rings is 1. The van der Waals surface area contributed by atoms with Crippen molar-refractivity contribution in [3.05, 3.63) is 23.4 Å². The third kappa shape index (κ3) is 4.20. The number of nitrogens with zero attached hydrogens (tertiary/aromatic N) is 2. The Kier molecular flexibility index (Phi) is 4.81. The molecule has 0 radical (unpaired) electrons. The average Bonchev–Trinajstić information content (AvgIpc) is 2.36. The zero-order chi connectivity index (χ0) is 13.8. The Morgan fingerprint density at radius 2 is 2.00 bits per heavy atom. The highest BCUT2D eigenvalue weighted by Gasteiger charge is 2.17. The zero-order valence-electron chi connectivity index (χ0n) is 12.7. The summed E-state index contributed by atoms with van der Waals surface area (Å²) < 4.78 is 0. The fraction of sp³-hybridized carbons (Fsp3) is 0.688. The van der Waals surface area contributed by atoms with Gasteiger partial charge < -0.3 is 10.2 Å². The first kappa shape index (κ1) is 14.3. The summed E-state index contributed by atoms with van der Waals surface area (Å²) in [6.45, 7) is 12.0. The van der Waals surface area contributed by atoms with Crippen LogP contribution in [0.25, 0.3) is 0 Å². The second-order valence-corrected chi connectivity index (χ2v) is 6.18. The Morgan fingerprint density at radius 1 is 1.32 bits per heavy atom. The van der Waals surface area contributed by atoms with Gasteiger partial charge in [-0.2, -0.15) is 0 Å². The maximum atomic E-state index is 4.71. The Morgan fingerprint density at radius 3 is 2.63 bits per heavy atom. The van der Waals surface area contributed by atoms with Crippen molar-refractivity contribution in [3.8, 4) is 0 Å². The highest BCUT2D eigenvalue weighted by atomic mass is 15.2. The van der Waals surface area contributed by atoms with Crippen molar-refractivity contribution in [1.29, 1.82) is 0 Å². The molecule has 0 saturated carbocycles. The second-order valence-electron chi connectivity index (χ2n) is 6.18.